The number of fused-ring (bicyclic) bond motifs is 1. The molecule has 1 fully saturated rings. The Morgan fingerprint density at radius 1 is 1.08 bits per heavy atom. The van der Waals surface area contributed by atoms with Crippen LogP contribution in [0.2, 0.25) is 0 Å². The van der Waals surface area contributed by atoms with E-state index in [9.17, 15) is 9.59 Å². The van der Waals surface area contributed by atoms with E-state index in [0.717, 1.165) is 65.3 Å². The van der Waals surface area contributed by atoms with Crippen LogP contribution in [0.15, 0.2) is 53.6 Å². The number of hydrogen-bond donors (Lipinski definition) is 3. The number of H-pyrrole nitrogens is 1. The number of nitrogens with zero attached hydrogens (tertiary/aromatic N) is 3. The highest BCUT2D eigenvalue weighted by molar-refractivity contribution is 6.08. The zero-order valence-electron chi connectivity index (χ0n) is 21.9. The summed E-state index contributed by atoms with van der Waals surface area (Å²) in [5.41, 5.74) is 5.53. The van der Waals surface area contributed by atoms with Crippen LogP contribution in [-0.4, -0.2) is 46.6 Å². The summed E-state index contributed by atoms with van der Waals surface area (Å²) in [6.45, 7) is 12.0. The van der Waals surface area contributed by atoms with Crippen molar-refractivity contribution < 1.29 is 4.79 Å². The lowest BCUT2D eigenvalue weighted by Gasteiger charge is -2.28. The predicted molar refractivity (Wildman–Crippen MR) is 148 cm³/mol. The first-order chi connectivity index (χ1) is 17.8. The highest BCUT2D eigenvalue weighted by Gasteiger charge is 2.18. The van der Waals surface area contributed by atoms with E-state index >= 15 is 0 Å². The van der Waals surface area contributed by atoms with E-state index in [1.54, 1.807) is 0 Å². The molecule has 8 heteroatoms. The topological polar surface area (TPSA) is 95.1 Å². The second-order valence-electron chi connectivity index (χ2n) is 10.0. The first kappa shape index (κ1) is 24.8. The van der Waals surface area contributed by atoms with Crippen molar-refractivity contribution in [2.75, 3.05) is 31.1 Å². The minimum Gasteiger partial charge on any atom is -0.354 e. The van der Waals surface area contributed by atoms with Gasteiger partial charge in [0.25, 0.3) is 11.5 Å². The summed E-state index contributed by atoms with van der Waals surface area (Å²) in [5.74, 6) is 0.756. The number of pyridine rings is 2. The van der Waals surface area contributed by atoms with Crippen molar-refractivity contribution >= 4 is 22.6 Å². The molecule has 4 heterocycles. The van der Waals surface area contributed by atoms with E-state index in [1.807, 2.05) is 44.4 Å². The number of anilines is 1. The summed E-state index contributed by atoms with van der Waals surface area (Å²) in [7, 11) is 0. The third-order valence-electron chi connectivity index (χ3n) is 7.08. The highest BCUT2D eigenvalue weighted by atomic mass is 16.1. The lowest BCUT2D eigenvalue weighted by atomic mass is 10.0. The molecule has 0 radical (unpaired) electrons. The second-order valence-corrected chi connectivity index (χ2v) is 10.0. The van der Waals surface area contributed by atoms with Crippen LogP contribution in [0.4, 0.5) is 5.82 Å². The molecule has 0 unspecified atom stereocenters. The number of carbonyl (C=O) groups excluding carboxylic acids is 1. The van der Waals surface area contributed by atoms with E-state index in [2.05, 4.69) is 57.1 Å². The highest BCUT2D eigenvalue weighted by Crippen LogP contribution is 2.31. The molecule has 5 rings (SSSR count). The number of rotatable bonds is 6. The summed E-state index contributed by atoms with van der Waals surface area (Å²) in [4.78, 5) is 35.8. The third-order valence-corrected chi connectivity index (χ3v) is 7.08. The quantitative estimate of drug-likeness (QED) is 0.375. The lowest BCUT2D eigenvalue weighted by Crippen LogP contribution is -2.43. The monoisotopic (exact) mass is 498 g/mol. The number of aryl methyl sites for hydroxylation is 2. The number of piperazine rings is 1. The average molecular weight is 499 g/mol. The Kier molecular flexibility index (Phi) is 6.84. The van der Waals surface area contributed by atoms with Gasteiger partial charge in [-0.25, -0.2) is 4.98 Å². The number of aromatic amines is 1. The van der Waals surface area contributed by atoms with E-state index in [4.69, 9.17) is 4.98 Å². The van der Waals surface area contributed by atoms with Gasteiger partial charge in [0.2, 0.25) is 0 Å². The van der Waals surface area contributed by atoms with Crippen molar-refractivity contribution in [2.24, 2.45) is 0 Å². The standard InChI is InChI=1S/C29H34N6O2/c1-18(2)35-10-7-23-24(28(36)32-17-25-19(3)13-20(4)33-29(25)37)14-22(15-26(23)35)21-5-6-27(31-16-21)34-11-8-30-9-12-34/h5-7,10,13-16,18,30H,8-9,11-12,17H2,1-4H3,(H,32,36)(H,33,37). The smallest absolute Gasteiger partial charge is 0.253 e. The SMILES string of the molecule is Cc1cc(C)c(CNC(=O)c2cc(-c3ccc(N4CCNCC4)nc3)cc3c2ccn3C(C)C)c(=O)[nH]1. The van der Waals surface area contributed by atoms with Gasteiger partial charge in [0.05, 0.1) is 0 Å². The van der Waals surface area contributed by atoms with Gasteiger partial charge in [-0.1, -0.05) is 0 Å². The summed E-state index contributed by atoms with van der Waals surface area (Å²) in [6, 6.07) is 12.3. The van der Waals surface area contributed by atoms with E-state index < -0.39 is 0 Å². The lowest BCUT2D eigenvalue weighted by molar-refractivity contribution is 0.0952. The summed E-state index contributed by atoms with van der Waals surface area (Å²) in [5, 5.41) is 7.23. The van der Waals surface area contributed by atoms with Crippen LogP contribution in [0.25, 0.3) is 22.0 Å². The van der Waals surface area contributed by atoms with Crippen LogP contribution < -0.4 is 21.1 Å². The van der Waals surface area contributed by atoms with Gasteiger partial charge in [0.1, 0.15) is 5.82 Å². The van der Waals surface area contributed by atoms with Gasteiger partial charge in [-0.2, -0.15) is 0 Å². The van der Waals surface area contributed by atoms with Crippen molar-refractivity contribution in [1.82, 2.24) is 25.2 Å². The molecule has 1 amide bonds. The molecular formula is C29H34N6O2. The largest absolute Gasteiger partial charge is 0.354 e. The van der Waals surface area contributed by atoms with Crippen LogP contribution in [0.5, 0.6) is 0 Å². The maximum atomic E-state index is 13.5. The van der Waals surface area contributed by atoms with Crippen LogP contribution in [-0.2, 0) is 6.54 Å². The summed E-state index contributed by atoms with van der Waals surface area (Å²) in [6.07, 6.45) is 3.91. The summed E-state index contributed by atoms with van der Waals surface area (Å²) >= 11 is 0. The molecule has 1 aliphatic heterocycles. The van der Waals surface area contributed by atoms with Crippen LogP contribution >= 0.6 is 0 Å². The van der Waals surface area contributed by atoms with E-state index in [0.29, 0.717) is 11.1 Å². The summed E-state index contributed by atoms with van der Waals surface area (Å²) < 4.78 is 2.17. The Labute approximate surface area is 216 Å². The molecule has 37 heavy (non-hydrogen) atoms. The number of amides is 1. The Morgan fingerprint density at radius 3 is 2.54 bits per heavy atom. The minimum atomic E-state index is -0.210. The van der Waals surface area contributed by atoms with Crippen LogP contribution in [0.1, 0.15) is 47.1 Å². The molecule has 8 nitrogen and oxygen atoms in total. The molecule has 3 N–H and O–H groups in total. The third kappa shape index (κ3) is 5.02. The zero-order valence-corrected chi connectivity index (χ0v) is 21.9. The van der Waals surface area contributed by atoms with Crippen molar-refractivity contribution in [2.45, 2.75) is 40.3 Å². The Bertz CT molecular complexity index is 1490. The fraction of sp³-hybridized carbons (Fsp3) is 0.345. The van der Waals surface area contributed by atoms with Crippen molar-refractivity contribution in [1.29, 1.82) is 0 Å². The molecule has 192 valence electrons. The molecule has 0 saturated carbocycles. The van der Waals surface area contributed by atoms with Crippen LogP contribution in [0.3, 0.4) is 0 Å². The van der Waals surface area contributed by atoms with Gasteiger partial charge in [-0.15, -0.1) is 0 Å². The number of nitrogens with one attached hydrogen (secondary N) is 3. The maximum absolute atomic E-state index is 13.5. The van der Waals surface area contributed by atoms with Gasteiger partial charge < -0.3 is 25.1 Å². The molecule has 1 aromatic carbocycles. The van der Waals surface area contributed by atoms with Crippen LogP contribution in [0, 0.1) is 13.8 Å². The number of benzene rings is 1. The molecule has 0 bridgehead atoms. The fourth-order valence-electron chi connectivity index (χ4n) is 5.07. The molecule has 0 spiro atoms. The molecule has 0 atom stereocenters. The van der Waals surface area contributed by atoms with Gasteiger partial charge in [0, 0.05) is 84.4 Å². The van der Waals surface area contributed by atoms with Gasteiger partial charge in [0.15, 0.2) is 0 Å². The first-order valence-corrected chi connectivity index (χ1v) is 12.9. The van der Waals surface area contributed by atoms with Gasteiger partial charge in [-0.3, -0.25) is 9.59 Å². The molecule has 1 aliphatic rings. The number of aromatic nitrogens is 3. The first-order valence-electron chi connectivity index (χ1n) is 12.9. The Morgan fingerprint density at radius 2 is 1.86 bits per heavy atom. The normalized spacial score (nSPS) is 13.9. The molecule has 0 aliphatic carbocycles. The number of carbonyl (C=O) groups is 1. The van der Waals surface area contributed by atoms with Gasteiger partial charge >= 0.3 is 0 Å². The Hall–Kier alpha value is -3.91. The van der Waals surface area contributed by atoms with Crippen molar-refractivity contribution in [3.05, 3.63) is 81.5 Å². The molecule has 4 aromatic rings. The molecular weight excluding hydrogens is 464 g/mol. The maximum Gasteiger partial charge on any atom is 0.253 e. The number of hydrogen-bond acceptors (Lipinski definition) is 5. The van der Waals surface area contributed by atoms with E-state index in [1.165, 1.54) is 0 Å². The fourth-order valence-corrected chi connectivity index (χ4v) is 5.07. The van der Waals surface area contributed by atoms with Gasteiger partial charge in [-0.05, 0) is 75.2 Å². The van der Waals surface area contributed by atoms with E-state index in [-0.39, 0.29) is 24.1 Å². The predicted octanol–water partition coefficient (Wildman–Crippen LogP) is 3.93. The average Bonchev–Trinajstić information content (AvgIpc) is 3.32. The molecule has 3 aromatic heterocycles. The van der Waals surface area contributed by atoms with Crippen molar-refractivity contribution in [3.8, 4) is 11.1 Å². The molecule has 1 saturated heterocycles. The zero-order chi connectivity index (χ0) is 26.1. The Balaban J connectivity index is 1.49. The van der Waals surface area contributed by atoms with Crippen molar-refractivity contribution in [3.63, 3.8) is 0 Å². The minimum absolute atomic E-state index is 0.165. The second kappa shape index (κ2) is 10.2.